The van der Waals surface area contributed by atoms with Gasteiger partial charge in [0.15, 0.2) is 0 Å². The van der Waals surface area contributed by atoms with E-state index in [9.17, 15) is 21.6 Å². The Balaban J connectivity index is 2.10. The van der Waals surface area contributed by atoms with Crippen molar-refractivity contribution < 1.29 is 21.6 Å². The molecule has 0 fully saturated rings. The number of hydrogen-bond acceptors (Lipinski definition) is 3. The van der Waals surface area contributed by atoms with Gasteiger partial charge in [-0.1, -0.05) is 12.1 Å². The van der Waals surface area contributed by atoms with E-state index in [-0.39, 0.29) is 4.90 Å². The first-order valence-corrected chi connectivity index (χ1v) is 8.47. The third-order valence-corrected chi connectivity index (χ3v) is 5.20. The fourth-order valence-electron chi connectivity index (χ4n) is 2.01. The van der Waals surface area contributed by atoms with Gasteiger partial charge in [0.05, 0.1) is 10.5 Å². The first kappa shape index (κ1) is 18.3. The molecule has 2 aromatic rings. The summed E-state index contributed by atoms with van der Waals surface area (Å²) in [6.07, 6.45) is -4.37. The molecule has 0 aliphatic rings. The predicted octanol–water partition coefficient (Wildman–Crippen LogP) is 3.57. The van der Waals surface area contributed by atoms with Gasteiger partial charge in [0, 0.05) is 26.3 Å². The van der Waals surface area contributed by atoms with Crippen molar-refractivity contribution in [2.75, 3.05) is 19.4 Å². The van der Waals surface area contributed by atoms with Crippen LogP contribution in [0.5, 0.6) is 0 Å². The Morgan fingerprint density at radius 1 is 1.04 bits per heavy atom. The van der Waals surface area contributed by atoms with Gasteiger partial charge in [0.1, 0.15) is 0 Å². The summed E-state index contributed by atoms with van der Waals surface area (Å²) in [5.41, 5.74) is 0.508. The monoisotopic (exact) mass is 358 g/mol. The summed E-state index contributed by atoms with van der Waals surface area (Å²) in [7, 11) is -0.630. The lowest BCUT2D eigenvalue weighted by Gasteiger charge is -2.13. The summed E-state index contributed by atoms with van der Waals surface area (Å²) < 4.78 is 62.8. The Labute approximate surface area is 139 Å². The van der Waals surface area contributed by atoms with Crippen molar-refractivity contribution in [2.24, 2.45) is 0 Å². The standard InChI is InChI=1S/C16H17F3N2O2S/c1-21(2)24(22,23)15-5-3-4-12(10-15)11-20-14-8-6-13(7-9-14)16(17,18)19/h3-10,20H,11H2,1-2H3. The van der Waals surface area contributed by atoms with Gasteiger partial charge in [-0.15, -0.1) is 0 Å². The predicted molar refractivity (Wildman–Crippen MR) is 86.1 cm³/mol. The number of halogens is 3. The lowest BCUT2D eigenvalue weighted by Crippen LogP contribution is -2.22. The summed E-state index contributed by atoms with van der Waals surface area (Å²) in [6, 6.07) is 11.1. The summed E-state index contributed by atoms with van der Waals surface area (Å²) in [5, 5.41) is 2.97. The van der Waals surface area contributed by atoms with E-state index in [1.807, 2.05) is 0 Å². The number of anilines is 1. The van der Waals surface area contributed by atoms with Crippen molar-refractivity contribution in [1.82, 2.24) is 4.31 Å². The molecule has 2 rings (SSSR count). The van der Waals surface area contributed by atoms with E-state index in [2.05, 4.69) is 5.32 Å². The number of sulfonamides is 1. The molecular formula is C16H17F3N2O2S. The lowest BCUT2D eigenvalue weighted by molar-refractivity contribution is -0.137. The third kappa shape index (κ3) is 4.27. The van der Waals surface area contributed by atoms with Gasteiger partial charge in [0.2, 0.25) is 10.0 Å². The Bertz CT molecular complexity index is 801. The van der Waals surface area contributed by atoms with Gasteiger partial charge < -0.3 is 5.32 Å². The lowest BCUT2D eigenvalue weighted by atomic mass is 10.2. The molecule has 0 spiro atoms. The van der Waals surface area contributed by atoms with Crippen LogP contribution < -0.4 is 5.32 Å². The molecule has 8 heteroatoms. The van der Waals surface area contributed by atoms with Crippen LogP contribution in [0.3, 0.4) is 0 Å². The molecule has 0 amide bonds. The molecule has 2 aromatic carbocycles. The van der Waals surface area contributed by atoms with Crippen LogP contribution >= 0.6 is 0 Å². The smallest absolute Gasteiger partial charge is 0.381 e. The Kier molecular flexibility index (Phi) is 5.19. The average molecular weight is 358 g/mol. The van der Waals surface area contributed by atoms with Gasteiger partial charge in [-0.05, 0) is 42.0 Å². The van der Waals surface area contributed by atoms with E-state index in [1.54, 1.807) is 12.1 Å². The van der Waals surface area contributed by atoms with Gasteiger partial charge in [-0.25, -0.2) is 12.7 Å². The highest BCUT2D eigenvalue weighted by atomic mass is 32.2. The first-order valence-electron chi connectivity index (χ1n) is 7.03. The van der Waals surface area contributed by atoms with E-state index in [4.69, 9.17) is 0 Å². The number of alkyl halides is 3. The molecule has 130 valence electrons. The summed E-state index contributed by atoms with van der Waals surface area (Å²) >= 11 is 0. The molecule has 0 radical (unpaired) electrons. The topological polar surface area (TPSA) is 49.4 Å². The van der Waals surface area contributed by atoms with Crippen molar-refractivity contribution in [2.45, 2.75) is 17.6 Å². The van der Waals surface area contributed by atoms with Crippen molar-refractivity contribution in [3.8, 4) is 0 Å². The number of nitrogens with zero attached hydrogens (tertiary/aromatic N) is 1. The summed E-state index contributed by atoms with van der Waals surface area (Å²) in [6.45, 7) is 0.294. The Morgan fingerprint density at radius 2 is 1.67 bits per heavy atom. The zero-order valence-corrected chi connectivity index (χ0v) is 13.9. The van der Waals surface area contributed by atoms with Crippen LogP contribution in [0.15, 0.2) is 53.4 Å². The zero-order chi connectivity index (χ0) is 18.0. The molecule has 0 saturated heterocycles. The van der Waals surface area contributed by atoms with Gasteiger partial charge in [-0.2, -0.15) is 13.2 Å². The Morgan fingerprint density at radius 3 is 2.21 bits per heavy atom. The summed E-state index contributed by atoms with van der Waals surface area (Å²) in [4.78, 5) is 0.166. The molecule has 0 saturated carbocycles. The fraction of sp³-hybridized carbons (Fsp3) is 0.250. The zero-order valence-electron chi connectivity index (χ0n) is 13.1. The first-order chi connectivity index (χ1) is 11.1. The van der Waals surface area contributed by atoms with Crippen LogP contribution in [0.25, 0.3) is 0 Å². The molecule has 0 unspecified atom stereocenters. The number of rotatable bonds is 5. The highest BCUT2D eigenvalue weighted by molar-refractivity contribution is 7.89. The van der Waals surface area contributed by atoms with Crippen molar-refractivity contribution >= 4 is 15.7 Å². The van der Waals surface area contributed by atoms with E-state index >= 15 is 0 Å². The minimum absolute atomic E-state index is 0.166. The van der Waals surface area contributed by atoms with Crippen molar-refractivity contribution in [3.63, 3.8) is 0 Å². The normalized spacial score (nSPS) is 12.4. The molecule has 1 N–H and O–H groups in total. The van der Waals surface area contributed by atoms with Crippen LogP contribution in [0.1, 0.15) is 11.1 Å². The number of hydrogen-bond donors (Lipinski definition) is 1. The molecule has 0 heterocycles. The molecule has 0 atom stereocenters. The van der Waals surface area contributed by atoms with Crippen LogP contribution in [0, 0.1) is 0 Å². The quantitative estimate of drug-likeness (QED) is 0.889. The second kappa shape index (κ2) is 6.82. The van der Waals surface area contributed by atoms with Gasteiger partial charge in [-0.3, -0.25) is 0 Å². The minimum atomic E-state index is -4.37. The molecule has 0 aromatic heterocycles. The highest BCUT2D eigenvalue weighted by Gasteiger charge is 2.29. The largest absolute Gasteiger partial charge is 0.416 e. The molecule has 4 nitrogen and oxygen atoms in total. The van der Waals surface area contributed by atoms with E-state index in [1.165, 1.54) is 38.4 Å². The van der Waals surface area contributed by atoms with Crippen LogP contribution in [-0.4, -0.2) is 26.8 Å². The Hall–Kier alpha value is -2.06. The van der Waals surface area contributed by atoms with Crippen LogP contribution in [-0.2, 0) is 22.7 Å². The molecule has 0 bridgehead atoms. The van der Waals surface area contributed by atoms with Gasteiger partial charge >= 0.3 is 6.18 Å². The van der Waals surface area contributed by atoms with Crippen molar-refractivity contribution in [1.29, 1.82) is 0 Å². The fourth-order valence-corrected chi connectivity index (χ4v) is 2.98. The molecule has 0 aliphatic heterocycles. The maximum Gasteiger partial charge on any atom is 0.416 e. The summed E-state index contributed by atoms with van der Waals surface area (Å²) in [5.74, 6) is 0. The van der Waals surface area contributed by atoms with Crippen LogP contribution in [0.4, 0.5) is 18.9 Å². The highest BCUT2D eigenvalue weighted by Crippen LogP contribution is 2.29. The number of nitrogens with one attached hydrogen (secondary N) is 1. The maximum atomic E-state index is 12.5. The number of benzene rings is 2. The second-order valence-corrected chi connectivity index (χ2v) is 7.52. The van der Waals surface area contributed by atoms with E-state index in [0.29, 0.717) is 17.8 Å². The molecule has 0 aliphatic carbocycles. The minimum Gasteiger partial charge on any atom is -0.381 e. The van der Waals surface area contributed by atoms with Gasteiger partial charge in [0.25, 0.3) is 0 Å². The van der Waals surface area contributed by atoms with Crippen molar-refractivity contribution in [3.05, 3.63) is 59.7 Å². The van der Waals surface area contributed by atoms with E-state index in [0.717, 1.165) is 16.4 Å². The third-order valence-electron chi connectivity index (χ3n) is 3.39. The average Bonchev–Trinajstić information content (AvgIpc) is 2.52. The SMILES string of the molecule is CN(C)S(=O)(=O)c1cccc(CNc2ccc(C(F)(F)F)cc2)c1. The molecular weight excluding hydrogens is 341 g/mol. The molecule has 24 heavy (non-hydrogen) atoms. The van der Waals surface area contributed by atoms with Crippen LogP contribution in [0.2, 0.25) is 0 Å². The second-order valence-electron chi connectivity index (χ2n) is 5.36. The maximum absolute atomic E-state index is 12.5. The van der Waals surface area contributed by atoms with E-state index < -0.39 is 21.8 Å².